The number of carbonyl (C=O) groups is 2. The summed E-state index contributed by atoms with van der Waals surface area (Å²) >= 11 is 0. The second-order valence-electron chi connectivity index (χ2n) is 5.59. The lowest BCUT2D eigenvalue weighted by Gasteiger charge is -2.09. The van der Waals surface area contributed by atoms with Gasteiger partial charge in [0.15, 0.2) is 5.43 Å². The van der Waals surface area contributed by atoms with Crippen molar-refractivity contribution in [2.75, 3.05) is 12.4 Å². The number of H-pyrrole nitrogens is 1. The van der Waals surface area contributed by atoms with Gasteiger partial charge in [0.25, 0.3) is 5.91 Å². The van der Waals surface area contributed by atoms with E-state index >= 15 is 0 Å². The van der Waals surface area contributed by atoms with E-state index < -0.39 is 5.97 Å². The average molecular weight is 336 g/mol. The van der Waals surface area contributed by atoms with Crippen LogP contribution in [-0.4, -0.2) is 24.0 Å². The molecule has 2 N–H and O–H groups in total. The fourth-order valence-electron chi connectivity index (χ4n) is 2.53. The number of amides is 1. The topological polar surface area (TPSA) is 88.3 Å². The largest absolute Gasteiger partial charge is 0.464 e. The van der Waals surface area contributed by atoms with Crippen LogP contribution in [0.4, 0.5) is 5.69 Å². The van der Waals surface area contributed by atoms with Gasteiger partial charge in [-0.1, -0.05) is 23.8 Å². The van der Waals surface area contributed by atoms with E-state index in [0.29, 0.717) is 22.2 Å². The highest BCUT2D eigenvalue weighted by Gasteiger charge is 2.14. The Hall–Kier alpha value is -3.41. The summed E-state index contributed by atoms with van der Waals surface area (Å²) < 4.78 is 4.62. The molecule has 3 aromatic rings. The summed E-state index contributed by atoms with van der Waals surface area (Å²) in [6, 6.07) is 13.3. The molecule has 25 heavy (non-hydrogen) atoms. The third-order valence-electron chi connectivity index (χ3n) is 3.82. The Kier molecular flexibility index (Phi) is 4.35. The predicted molar refractivity (Wildman–Crippen MR) is 95.0 cm³/mol. The van der Waals surface area contributed by atoms with Crippen LogP contribution in [0, 0.1) is 6.92 Å². The second-order valence-corrected chi connectivity index (χ2v) is 5.59. The molecule has 0 spiro atoms. The van der Waals surface area contributed by atoms with E-state index in [1.807, 2.05) is 19.1 Å². The van der Waals surface area contributed by atoms with Gasteiger partial charge in [-0.05, 0) is 31.2 Å². The van der Waals surface area contributed by atoms with Crippen molar-refractivity contribution in [3.05, 3.63) is 75.6 Å². The molecule has 0 bridgehead atoms. The minimum absolute atomic E-state index is 0.0574. The number of aromatic amines is 1. The van der Waals surface area contributed by atoms with Gasteiger partial charge < -0.3 is 15.0 Å². The Bertz CT molecular complexity index is 1020. The number of benzene rings is 2. The van der Waals surface area contributed by atoms with Gasteiger partial charge >= 0.3 is 5.97 Å². The molecule has 126 valence electrons. The van der Waals surface area contributed by atoms with Crippen LogP contribution in [0.5, 0.6) is 0 Å². The average Bonchev–Trinajstić information content (AvgIpc) is 2.61. The molecule has 3 rings (SSSR count). The van der Waals surface area contributed by atoms with Crippen LogP contribution < -0.4 is 10.7 Å². The molecule has 0 fully saturated rings. The minimum atomic E-state index is -0.631. The standard InChI is InChI=1S/C19H16N2O4/c1-11-6-8-12(9-7-11)18(23)21-14-5-3-4-13-17(14)16(22)10-15(20-13)19(24)25-2/h3-10H,1-2H3,(H,20,22)(H,21,23). The molecule has 6 heteroatoms. The number of rotatable bonds is 3. The number of ether oxygens (including phenoxy) is 1. The summed E-state index contributed by atoms with van der Waals surface area (Å²) in [5.74, 6) is -0.947. The molecule has 1 amide bonds. The Morgan fingerprint density at radius 3 is 2.48 bits per heavy atom. The number of nitrogens with one attached hydrogen (secondary N) is 2. The molecule has 0 saturated heterocycles. The minimum Gasteiger partial charge on any atom is -0.464 e. The van der Waals surface area contributed by atoms with Gasteiger partial charge in [0, 0.05) is 11.6 Å². The number of hydrogen-bond donors (Lipinski definition) is 2. The van der Waals surface area contributed by atoms with Crippen molar-refractivity contribution < 1.29 is 14.3 Å². The number of pyridine rings is 1. The first kappa shape index (κ1) is 16.4. The number of anilines is 1. The zero-order valence-corrected chi connectivity index (χ0v) is 13.8. The highest BCUT2D eigenvalue weighted by atomic mass is 16.5. The van der Waals surface area contributed by atoms with Gasteiger partial charge in [0.2, 0.25) is 0 Å². The van der Waals surface area contributed by atoms with E-state index in [1.54, 1.807) is 30.3 Å². The molecule has 2 aromatic carbocycles. The molecule has 0 unspecified atom stereocenters. The Morgan fingerprint density at radius 1 is 1.08 bits per heavy atom. The zero-order valence-electron chi connectivity index (χ0n) is 13.8. The van der Waals surface area contributed by atoms with Crippen molar-refractivity contribution >= 4 is 28.5 Å². The fourth-order valence-corrected chi connectivity index (χ4v) is 2.53. The van der Waals surface area contributed by atoms with Gasteiger partial charge in [-0.2, -0.15) is 0 Å². The van der Waals surface area contributed by atoms with E-state index in [2.05, 4.69) is 15.0 Å². The normalized spacial score (nSPS) is 10.5. The Morgan fingerprint density at radius 2 is 1.80 bits per heavy atom. The number of fused-ring (bicyclic) bond motifs is 1. The fraction of sp³-hybridized carbons (Fsp3) is 0.105. The quantitative estimate of drug-likeness (QED) is 0.720. The van der Waals surface area contributed by atoms with E-state index in [1.165, 1.54) is 7.11 Å². The van der Waals surface area contributed by atoms with Crippen LogP contribution in [0.3, 0.4) is 0 Å². The van der Waals surface area contributed by atoms with Gasteiger partial charge in [-0.15, -0.1) is 0 Å². The van der Waals surface area contributed by atoms with Crippen LogP contribution in [0.2, 0.25) is 0 Å². The van der Waals surface area contributed by atoms with Crippen molar-refractivity contribution in [2.45, 2.75) is 6.92 Å². The summed E-state index contributed by atoms with van der Waals surface area (Å²) in [6.45, 7) is 1.94. The molecule has 0 aliphatic carbocycles. The molecule has 6 nitrogen and oxygen atoms in total. The van der Waals surface area contributed by atoms with Crippen LogP contribution in [0.25, 0.3) is 10.9 Å². The summed E-state index contributed by atoms with van der Waals surface area (Å²) in [5.41, 5.74) is 2.03. The van der Waals surface area contributed by atoms with Crippen LogP contribution in [-0.2, 0) is 4.74 Å². The van der Waals surface area contributed by atoms with Gasteiger partial charge in [0.1, 0.15) is 5.69 Å². The van der Waals surface area contributed by atoms with E-state index in [4.69, 9.17) is 0 Å². The molecular weight excluding hydrogens is 320 g/mol. The molecule has 0 aliphatic rings. The van der Waals surface area contributed by atoms with Gasteiger partial charge in [0.05, 0.1) is 23.7 Å². The number of hydrogen-bond acceptors (Lipinski definition) is 4. The second kappa shape index (κ2) is 6.60. The molecule has 0 saturated carbocycles. The number of esters is 1. The highest BCUT2D eigenvalue weighted by molar-refractivity contribution is 6.09. The molecule has 0 radical (unpaired) electrons. The molecule has 1 heterocycles. The first-order valence-corrected chi connectivity index (χ1v) is 7.62. The summed E-state index contributed by atoms with van der Waals surface area (Å²) in [7, 11) is 1.24. The van der Waals surface area contributed by atoms with Crippen LogP contribution in [0.1, 0.15) is 26.4 Å². The van der Waals surface area contributed by atoms with E-state index in [-0.39, 0.29) is 17.0 Å². The summed E-state index contributed by atoms with van der Waals surface area (Å²) in [6.07, 6.45) is 0. The Balaban J connectivity index is 2.02. The highest BCUT2D eigenvalue weighted by Crippen LogP contribution is 2.20. The lowest BCUT2D eigenvalue weighted by atomic mass is 10.1. The van der Waals surface area contributed by atoms with Crippen molar-refractivity contribution in [1.82, 2.24) is 4.98 Å². The van der Waals surface area contributed by atoms with Crippen molar-refractivity contribution in [2.24, 2.45) is 0 Å². The first-order valence-electron chi connectivity index (χ1n) is 7.62. The van der Waals surface area contributed by atoms with Crippen molar-refractivity contribution in [3.63, 3.8) is 0 Å². The zero-order chi connectivity index (χ0) is 18.0. The van der Waals surface area contributed by atoms with E-state index in [9.17, 15) is 14.4 Å². The smallest absolute Gasteiger partial charge is 0.354 e. The third-order valence-corrected chi connectivity index (χ3v) is 3.82. The molecular formula is C19H16N2O4. The summed E-state index contributed by atoms with van der Waals surface area (Å²) in [4.78, 5) is 39.3. The van der Waals surface area contributed by atoms with Gasteiger partial charge in [-0.25, -0.2) is 4.79 Å². The maximum absolute atomic E-state index is 12.4. The maximum atomic E-state index is 12.4. The van der Waals surface area contributed by atoms with E-state index in [0.717, 1.165) is 11.6 Å². The first-order chi connectivity index (χ1) is 12.0. The van der Waals surface area contributed by atoms with Gasteiger partial charge in [-0.3, -0.25) is 9.59 Å². The molecule has 0 aliphatic heterocycles. The monoisotopic (exact) mass is 336 g/mol. The lowest BCUT2D eigenvalue weighted by molar-refractivity contribution is 0.0594. The van der Waals surface area contributed by atoms with Crippen LogP contribution in [0.15, 0.2) is 53.3 Å². The number of methoxy groups -OCH3 is 1. The molecule has 0 atom stereocenters. The number of aromatic nitrogens is 1. The Labute approximate surface area is 143 Å². The number of carbonyl (C=O) groups excluding carboxylic acids is 2. The van der Waals surface area contributed by atoms with Crippen molar-refractivity contribution in [1.29, 1.82) is 0 Å². The summed E-state index contributed by atoms with van der Waals surface area (Å²) in [5, 5.41) is 3.05. The third kappa shape index (κ3) is 3.28. The number of aryl methyl sites for hydroxylation is 1. The SMILES string of the molecule is COC(=O)c1cc(=O)c2c(NC(=O)c3ccc(C)cc3)cccc2[nH]1. The maximum Gasteiger partial charge on any atom is 0.354 e. The lowest BCUT2D eigenvalue weighted by Crippen LogP contribution is -2.16. The molecule has 1 aromatic heterocycles. The predicted octanol–water partition coefficient (Wildman–Crippen LogP) is 2.88. The van der Waals surface area contributed by atoms with Crippen LogP contribution >= 0.6 is 0 Å². The van der Waals surface area contributed by atoms with Crippen molar-refractivity contribution in [3.8, 4) is 0 Å².